The van der Waals surface area contributed by atoms with Gasteiger partial charge in [-0.15, -0.1) is 0 Å². The molecule has 0 aliphatic heterocycles. The van der Waals surface area contributed by atoms with E-state index in [0.717, 1.165) is 12.8 Å². The maximum atomic E-state index is 11.8. The van der Waals surface area contributed by atoms with E-state index < -0.39 is 10.3 Å². The molecular weight excluding hydrogens is 222 g/mol. The first-order valence-electron chi connectivity index (χ1n) is 5.33. The average Bonchev–Trinajstić information content (AvgIpc) is 3.10. The van der Waals surface area contributed by atoms with Crippen molar-refractivity contribution in [2.75, 3.05) is 11.9 Å². The highest BCUT2D eigenvalue weighted by Crippen LogP contribution is 2.45. The molecule has 1 fully saturated rings. The molecule has 1 aromatic carbocycles. The highest BCUT2D eigenvalue weighted by atomic mass is 16.6. The van der Waals surface area contributed by atoms with Crippen LogP contribution in [-0.2, 0) is 4.79 Å². The topological polar surface area (TPSA) is 98.3 Å². The van der Waals surface area contributed by atoms with Crippen LogP contribution in [0.2, 0.25) is 0 Å². The van der Waals surface area contributed by atoms with Crippen molar-refractivity contribution in [2.24, 2.45) is 11.1 Å². The largest absolute Gasteiger partial charge is 0.329 e. The number of carbonyl (C=O) groups is 1. The molecule has 0 unspecified atom stereocenters. The first kappa shape index (κ1) is 11.5. The zero-order valence-electron chi connectivity index (χ0n) is 9.18. The predicted octanol–water partition coefficient (Wildman–Crippen LogP) is 1.27. The van der Waals surface area contributed by atoms with Crippen molar-refractivity contribution in [3.05, 3.63) is 34.4 Å². The van der Waals surface area contributed by atoms with E-state index in [4.69, 9.17) is 5.73 Å². The van der Waals surface area contributed by atoms with E-state index in [0.29, 0.717) is 12.2 Å². The molecule has 90 valence electrons. The van der Waals surface area contributed by atoms with Gasteiger partial charge in [-0.3, -0.25) is 14.9 Å². The summed E-state index contributed by atoms with van der Waals surface area (Å²) >= 11 is 0. The molecule has 17 heavy (non-hydrogen) atoms. The van der Waals surface area contributed by atoms with Gasteiger partial charge in [0.25, 0.3) is 5.69 Å². The van der Waals surface area contributed by atoms with Gasteiger partial charge in [0.05, 0.1) is 10.3 Å². The quantitative estimate of drug-likeness (QED) is 0.606. The minimum absolute atomic E-state index is 0.00274. The van der Waals surface area contributed by atoms with Gasteiger partial charge in [-0.2, -0.15) is 0 Å². The number of anilines is 1. The number of amides is 1. The lowest BCUT2D eigenvalue weighted by Gasteiger charge is -2.12. The lowest BCUT2D eigenvalue weighted by Crippen LogP contribution is -2.30. The number of hydrogen-bond acceptors (Lipinski definition) is 4. The molecule has 0 heterocycles. The summed E-state index contributed by atoms with van der Waals surface area (Å²) in [6.07, 6.45) is 1.62. The summed E-state index contributed by atoms with van der Waals surface area (Å²) in [7, 11) is 0. The van der Waals surface area contributed by atoms with E-state index in [-0.39, 0.29) is 11.6 Å². The van der Waals surface area contributed by atoms with Crippen molar-refractivity contribution in [3.8, 4) is 0 Å². The molecule has 2 rings (SSSR count). The van der Waals surface area contributed by atoms with Crippen LogP contribution in [0.25, 0.3) is 0 Å². The molecule has 0 aromatic heterocycles. The molecule has 1 aromatic rings. The van der Waals surface area contributed by atoms with Gasteiger partial charge in [0.15, 0.2) is 0 Å². The molecule has 0 spiro atoms. The maximum Gasteiger partial charge on any atom is 0.269 e. The van der Waals surface area contributed by atoms with Crippen LogP contribution >= 0.6 is 0 Å². The molecule has 6 nitrogen and oxygen atoms in total. The molecule has 3 N–H and O–H groups in total. The molecule has 1 saturated carbocycles. The van der Waals surface area contributed by atoms with E-state index in [1.54, 1.807) is 0 Å². The molecule has 1 amide bonds. The lowest BCUT2D eigenvalue weighted by atomic mass is 10.1. The number of nitrogens with zero attached hydrogens (tertiary/aromatic N) is 1. The first-order valence-corrected chi connectivity index (χ1v) is 5.33. The number of carbonyl (C=O) groups excluding carboxylic acids is 1. The van der Waals surface area contributed by atoms with Crippen molar-refractivity contribution in [1.82, 2.24) is 0 Å². The van der Waals surface area contributed by atoms with Crippen LogP contribution < -0.4 is 11.1 Å². The number of nitrogens with one attached hydrogen (secondary N) is 1. The van der Waals surface area contributed by atoms with Crippen LogP contribution in [-0.4, -0.2) is 17.4 Å². The summed E-state index contributed by atoms with van der Waals surface area (Å²) in [5.74, 6) is -0.103. The molecule has 0 atom stereocenters. The maximum absolute atomic E-state index is 11.8. The molecule has 1 aliphatic carbocycles. The summed E-state index contributed by atoms with van der Waals surface area (Å²) in [6, 6.07) is 5.75. The van der Waals surface area contributed by atoms with Gasteiger partial charge in [-0.05, 0) is 25.0 Å². The van der Waals surface area contributed by atoms with Crippen LogP contribution in [0.5, 0.6) is 0 Å². The summed E-state index contributed by atoms with van der Waals surface area (Å²) in [4.78, 5) is 21.8. The van der Waals surface area contributed by atoms with Crippen LogP contribution in [0.1, 0.15) is 12.8 Å². The fourth-order valence-electron chi connectivity index (χ4n) is 1.60. The Hall–Kier alpha value is -1.95. The van der Waals surface area contributed by atoms with Crippen LogP contribution in [0.4, 0.5) is 11.4 Å². The van der Waals surface area contributed by atoms with E-state index >= 15 is 0 Å². The third kappa shape index (κ3) is 2.26. The molecule has 0 bridgehead atoms. The zero-order chi connectivity index (χ0) is 12.5. The molecule has 0 saturated heterocycles. The normalized spacial score (nSPS) is 16.3. The summed E-state index contributed by atoms with van der Waals surface area (Å²) in [6.45, 7) is 0.339. The number of nitrogens with two attached hydrogens (primary N) is 1. The Kier molecular flexibility index (Phi) is 2.81. The smallest absolute Gasteiger partial charge is 0.269 e. The van der Waals surface area contributed by atoms with Crippen molar-refractivity contribution in [3.63, 3.8) is 0 Å². The average molecular weight is 235 g/mol. The summed E-state index contributed by atoms with van der Waals surface area (Å²) < 4.78 is 0. The van der Waals surface area contributed by atoms with Gasteiger partial charge in [-0.25, -0.2) is 0 Å². The Morgan fingerprint density at radius 3 is 2.41 bits per heavy atom. The van der Waals surface area contributed by atoms with Gasteiger partial charge in [0.2, 0.25) is 5.91 Å². The summed E-state index contributed by atoms with van der Waals surface area (Å²) in [5.41, 5.74) is 5.68. The third-order valence-corrected chi connectivity index (χ3v) is 3.06. The van der Waals surface area contributed by atoms with Crippen LogP contribution in [0.15, 0.2) is 24.3 Å². The highest BCUT2D eigenvalue weighted by Gasteiger charge is 2.48. The van der Waals surface area contributed by atoms with Gasteiger partial charge >= 0.3 is 0 Å². The SMILES string of the molecule is NCC1(C(=O)Nc2ccc([N+](=O)[O-])cc2)CC1. The predicted molar refractivity (Wildman–Crippen MR) is 62.4 cm³/mol. The van der Waals surface area contributed by atoms with Crippen molar-refractivity contribution in [1.29, 1.82) is 0 Å². The molecule has 6 heteroatoms. The summed E-state index contributed by atoms with van der Waals surface area (Å²) in [5, 5.41) is 13.2. The fraction of sp³-hybridized carbons (Fsp3) is 0.364. The minimum atomic E-state index is -0.478. The van der Waals surface area contributed by atoms with E-state index in [2.05, 4.69) is 5.32 Å². The molecular formula is C11H13N3O3. The van der Waals surface area contributed by atoms with Crippen molar-refractivity contribution >= 4 is 17.3 Å². The molecule has 0 radical (unpaired) electrons. The van der Waals surface area contributed by atoms with Crippen molar-refractivity contribution < 1.29 is 9.72 Å². The second-order valence-electron chi connectivity index (χ2n) is 4.24. The van der Waals surface area contributed by atoms with Gasteiger partial charge in [-0.1, -0.05) is 0 Å². The van der Waals surface area contributed by atoms with E-state index in [9.17, 15) is 14.9 Å². The number of nitro benzene ring substituents is 1. The van der Waals surface area contributed by atoms with Gasteiger partial charge in [0, 0.05) is 24.4 Å². The lowest BCUT2D eigenvalue weighted by molar-refractivity contribution is -0.384. The Labute approximate surface area is 98.0 Å². The Balaban J connectivity index is 2.04. The van der Waals surface area contributed by atoms with Crippen LogP contribution in [0.3, 0.4) is 0 Å². The third-order valence-electron chi connectivity index (χ3n) is 3.06. The highest BCUT2D eigenvalue weighted by molar-refractivity contribution is 5.97. The van der Waals surface area contributed by atoms with Gasteiger partial charge in [0.1, 0.15) is 0 Å². The van der Waals surface area contributed by atoms with E-state index in [1.165, 1.54) is 24.3 Å². The minimum Gasteiger partial charge on any atom is -0.329 e. The van der Waals surface area contributed by atoms with Crippen LogP contribution in [0, 0.1) is 15.5 Å². The molecule has 1 aliphatic rings. The Bertz CT molecular complexity index is 452. The fourth-order valence-corrected chi connectivity index (χ4v) is 1.60. The number of nitro groups is 1. The second-order valence-corrected chi connectivity index (χ2v) is 4.24. The Morgan fingerprint density at radius 1 is 1.41 bits per heavy atom. The standard InChI is InChI=1S/C11H13N3O3/c12-7-11(5-6-11)10(15)13-8-1-3-9(4-2-8)14(16)17/h1-4H,5-7,12H2,(H,13,15). The Morgan fingerprint density at radius 2 is 2.00 bits per heavy atom. The number of hydrogen-bond donors (Lipinski definition) is 2. The first-order chi connectivity index (χ1) is 8.07. The number of rotatable bonds is 4. The van der Waals surface area contributed by atoms with Gasteiger partial charge < -0.3 is 11.1 Å². The number of benzene rings is 1. The monoisotopic (exact) mass is 235 g/mol. The second kappa shape index (κ2) is 4.14. The number of non-ortho nitro benzene ring substituents is 1. The van der Waals surface area contributed by atoms with E-state index in [1.807, 2.05) is 0 Å². The zero-order valence-corrected chi connectivity index (χ0v) is 9.18. The van der Waals surface area contributed by atoms with Crippen molar-refractivity contribution in [2.45, 2.75) is 12.8 Å².